The first-order valence-corrected chi connectivity index (χ1v) is 7.42. The molecular weight excluding hydrogens is 276 g/mol. The van der Waals surface area contributed by atoms with Gasteiger partial charge in [0.15, 0.2) is 6.26 Å². The van der Waals surface area contributed by atoms with Crippen molar-refractivity contribution >= 4 is 10.8 Å². The summed E-state index contributed by atoms with van der Waals surface area (Å²) in [4.78, 5) is 11.8. The highest BCUT2D eigenvalue weighted by Gasteiger charge is 2.11. The van der Waals surface area contributed by atoms with E-state index >= 15 is 0 Å². The lowest BCUT2D eigenvalue weighted by Crippen LogP contribution is -2.03. The Hall–Kier alpha value is -2.55. The lowest BCUT2D eigenvalue weighted by molar-refractivity contribution is 0.303. The van der Waals surface area contributed by atoms with E-state index in [2.05, 4.69) is 13.2 Å². The number of ether oxygens (including phenoxy) is 1. The SMILES string of the molecule is CCCc1c(OCc2ccccc2)ccc2c(=O)o[c]cc12. The summed E-state index contributed by atoms with van der Waals surface area (Å²) in [6, 6.07) is 15.4. The number of aryl methyl sites for hydroxylation is 1. The molecule has 0 aliphatic carbocycles. The van der Waals surface area contributed by atoms with Crippen molar-refractivity contribution < 1.29 is 9.15 Å². The molecule has 0 unspecified atom stereocenters. The average molecular weight is 293 g/mol. The lowest BCUT2D eigenvalue weighted by atomic mass is 10.0. The van der Waals surface area contributed by atoms with Crippen molar-refractivity contribution in [1.29, 1.82) is 0 Å². The molecule has 22 heavy (non-hydrogen) atoms. The van der Waals surface area contributed by atoms with Gasteiger partial charge >= 0.3 is 5.63 Å². The van der Waals surface area contributed by atoms with E-state index in [0.29, 0.717) is 12.0 Å². The minimum Gasteiger partial charge on any atom is -0.489 e. The first-order valence-electron chi connectivity index (χ1n) is 7.42. The van der Waals surface area contributed by atoms with Crippen molar-refractivity contribution in [2.75, 3.05) is 0 Å². The van der Waals surface area contributed by atoms with Gasteiger partial charge in [0, 0.05) is 5.56 Å². The van der Waals surface area contributed by atoms with E-state index in [1.54, 1.807) is 12.1 Å². The molecule has 0 aliphatic heterocycles. The Morgan fingerprint density at radius 1 is 1.09 bits per heavy atom. The van der Waals surface area contributed by atoms with Crippen LogP contribution in [0.5, 0.6) is 5.75 Å². The summed E-state index contributed by atoms with van der Waals surface area (Å²) in [5.74, 6) is 0.817. The highest BCUT2D eigenvalue weighted by atomic mass is 16.5. The van der Waals surface area contributed by atoms with E-state index in [0.717, 1.165) is 35.1 Å². The Morgan fingerprint density at radius 2 is 1.91 bits per heavy atom. The van der Waals surface area contributed by atoms with Crippen LogP contribution in [0.1, 0.15) is 24.5 Å². The zero-order valence-corrected chi connectivity index (χ0v) is 12.5. The molecule has 0 amide bonds. The Morgan fingerprint density at radius 3 is 2.68 bits per heavy atom. The maximum Gasteiger partial charge on any atom is 0.344 e. The van der Waals surface area contributed by atoms with Crippen LogP contribution in [0.4, 0.5) is 0 Å². The second-order valence-electron chi connectivity index (χ2n) is 5.18. The maximum atomic E-state index is 11.8. The number of fused-ring (bicyclic) bond motifs is 1. The van der Waals surface area contributed by atoms with Crippen molar-refractivity contribution in [3.63, 3.8) is 0 Å². The van der Waals surface area contributed by atoms with Crippen molar-refractivity contribution in [1.82, 2.24) is 0 Å². The summed E-state index contributed by atoms with van der Waals surface area (Å²) < 4.78 is 10.8. The molecule has 1 heterocycles. The predicted octanol–water partition coefficient (Wildman–Crippen LogP) is 4.12. The van der Waals surface area contributed by atoms with Gasteiger partial charge in [0.05, 0.1) is 5.39 Å². The Balaban J connectivity index is 1.98. The molecule has 111 valence electrons. The molecule has 2 aromatic carbocycles. The van der Waals surface area contributed by atoms with E-state index in [9.17, 15) is 4.79 Å². The third-order valence-electron chi connectivity index (χ3n) is 3.63. The topological polar surface area (TPSA) is 39.4 Å². The fraction of sp³-hybridized carbons (Fsp3) is 0.211. The maximum absolute atomic E-state index is 11.8. The Bertz CT molecular complexity index is 819. The fourth-order valence-corrected chi connectivity index (χ4v) is 2.56. The molecule has 0 bridgehead atoms. The summed E-state index contributed by atoms with van der Waals surface area (Å²) in [5.41, 5.74) is 1.80. The van der Waals surface area contributed by atoms with E-state index in [-0.39, 0.29) is 5.63 Å². The zero-order valence-electron chi connectivity index (χ0n) is 12.5. The molecule has 0 saturated heterocycles. The number of rotatable bonds is 5. The van der Waals surface area contributed by atoms with Crippen molar-refractivity contribution in [3.05, 3.63) is 76.3 Å². The second-order valence-corrected chi connectivity index (χ2v) is 5.18. The summed E-state index contributed by atoms with van der Waals surface area (Å²) in [7, 11) is 0. The first-order chi connectivity index (χ1) is 10.8. The van der Waals surface area contributed by atoms with Crippen LogP contribution < -0.4 is 10.4 Å². The summed E-state index contributed by atoms with van der Waals surface area (Å²) >= 11 is 0. The third-order valence-corrected chi connectivity index (χ3v) is 3.63. The average Bonchev–Trinajstić information content (AvgIpc) is 2.56. The van der Waals surface area contributed by atoms with Gasteiger partial charge in [0.1, 0.15) is 12.4 Å². The van der Waals surface area contributed by atoms with E-state index < -0.39 is 0 Å². The first kappa shape index (κ1) is 14.4. The van der Waals surface area contributed by atoms with Gasteiger partial charge in [-0.25, -0.2) is 4.79 Å². The van der Waals surface area contributed by atoms with Gasteiger partial charge < -0.3 is 9.15 Å². The predicted molar refractivity (Wildman–Crippen MR) is 86.1 cm³/mol. The molecular formula is C19H17O3. The highest BCUT2D eigenvalue weighted by molar-refractivity contribution is 5.86. The highest BCUT2D eigenvalue weighted by Crippen LogP contribution is 2.28. The zero-order chi connectivity index (χ0) is 15.4. The number of benzene rings is 2. The van der Waals surface area contributed by atoms with Gasteiger partial charge in [-0.3, -0.25) is 0 Å². The molecule has 1 aromatic heterocycles. The number of hydrogen-bond donors (Lipinski definition) is 0. The second kappa shape index (κ2) is 6.48. The van der Waals surface area contributed by atoms with Gasteiger partial charge in [0.25, 0.3) is 0 Å². The summed E-state index contributed by atoms with van der Waals surface area (Å²) in [5, 5.41) is 1.44. The quantitative estimate of drug-likeness (QED) is 0.710. The van der Waals surface area contributed by atoms with Gasteiger partial charge in [-0.1, -0.05) is 43.7 Å². The lowest BCUT2D eigenvalue weighted by Gasteiger charge is -2.13. The molecule has 3 aromatic rings. The standard InChI is InChI=1S/C19H17O3/c1-2-6-16-15-11-12-21-19(20)17(15)9-10-18(16)22-13-14-7-4-3-5-8-14/h3-5,7-11H,2,6,13H2,1H3. The molecule has 0 spiro atoms. The Labute approximate surface area is 129 Å². The number of hydrogen-bond acceptors (Lipinski definition) is 3. The molecule has 3 heteroatoms. The van der Waals surface area contributed by atoms with Crippen LogP contribution in [0, 0.1) is 6.26 Å². The van der Waals surface area contributed by atoms with Crippen LogP contribution in [0.15, 0.2) is 57.7 Å². The molecule has 3 nitrogen and oxygen atoms in total. The molecule has 0 fully saturated rings. The molecule has 0 aliphatic rings. The van der Waals surface area contributed by atoms with Gasteiger partial charge in [0.2, 0.25) is 0 Å². The van der Waals surface area contributed by atoms with Crippen LogP contribution in [-0.2, 0) is 13.0 Å². The van der Waals surface area contributed by atoms with Gasteiger partial charge in [-0.15, -0.1) is 0 Å². The van der Waals surface area contributed by atoms with E-state index in [4.69, 9.17) is 9.15 Å². The van der Waals surface area contributed by atoms with Crippen molar-refractivity contribution in [3.8, 4) is 5.75 Å². The normalized spacial score (nSPS) is 10.8. The smallest absolute Gasteiger partial charge is 0.344 e. The molecule has 3 rings (SSSR count). The largest absolute Gasteiger partial charge is 0.489 e. The summed E-state index contributed by atoms with van der Waals surface area (Å²) in [6.45, 7) is 2.61. The monoisotopic (exact) mass is 293 g/mol. The minimum absolute atomic E-state index is 0.357. The third kappa shape index (κ3) is 2.89. The van der Waals surface area contributed by atoms with E-state index in [1.807, 2.05) is 36.4 Å². The Kier molecular flexibility index (Phi) is 4.24. The molecule has 1 radical (unpaired) electrons. The van der Waals surface area contributed by atoms with Crippen LogP contribution >= 0.6 is 0 Å². The van der Waals surface area contributed by atoms with Crippen LogP contribution in [-0.4, -0.2) is 0 Å². The minimum atomic E-state index is -0.357. The fourth-order valence-electron chi connectivity index (χ4n) is 2.56. The van der Waals surface area contributed by atoms with E-state index in [1.165, 1.54) is 0 Å². The van der Waals surface area contributed by atoms with Crippen LogP contribution in [0.2, 0.25) is 0 Å². The molecule has 0 atom stereocenters. The van der Waals surface area contributed by atoms with Crippen LogP contribution in [0.3, 0.4) is 0 Å². The van der Waals surface area contributed by atoms with Crippen molar-refractivity contribution in [2.24, 2.45) is 0 Å². The molecule has 0 saturated carbocycles. The summed E-state index contributed by atoms with van der Waals surface area (Å²) in [6.07, 6.45) is 4.38. The van der Waals surface area contributed by atoms with Crippen LogP contribution in [0.25, 0.3) is 10.8 Å². The van der Waals surface area contributed by atoms with Crippen molar-refractivity contribution in [2.45, 2.75) is 26.4 Å². The van der Waals surface area contributed by atoms with Gasteiger partial charge in [-0.2, -0.15) is 0 Å². The molecule has 0 N–H and O–H groups in total. The van der Waals surface area contributed by atoms with Gasteiger partial charge in [-0.05, 0) is 35.6 Å².